The summed E-state index contributed by atoms with van der Waals surface area (Å²) in [7, 11) is 0. The molecule has 0 amide bonds. The summed E-state index contributed by atoms with van der Waals surface area (Å²) in [5.74, 6) is 0.714. The number of fused-ring (bicyclic) bond motifs is 1. The summed E-state index contributed by atoms with van der Waals surface area (Å²) in [5.41, 5.74) is 5.46. The highest BCUT2D eigenvalue weighted by Crippen LogP contribution is 2.47. The minimum atomic E-state index is 0.347. The highest BCUT2D eigenvalue weighted by molar-refractivity contribution is 5.45. The molecular formula is C19H27. The molecule has 0 bridgehead atoms. The molecule has 0 spiro atoms. The maximum absolute atomic E-state index is 2.53. The maximum Gasteiger partial charge on any atom is -0.0100 e. The van der Waals surface area contributed by atoms with Crippen LogP contribution in [0.4, 0.5) is 0 Å². The summed E-state index contributed by atoms with van der Waals surface area (Å²) in [4.78, 5) is 0. The molecule has 1 fully saturated rings. The van der Waals surface area contributed by atoms with Crippen LogP contribution in [0.1, 0.15) is 82.4 Å². The molecule has 103 valence electrons. The van der Waals surface area contributed by atoms with Crippen molar-refractivity contribution in [2.24, 2.45) is 0 Å². The van der Waals surface area contributed by atoms with E-state index < -0.39 is 0 Å². The molecule has 1 saturated carbocycles. The largest absolute Gasteiger partial charge is 0.0584 e. The number of hydrogen-bond donors (Lipinski definition) is 0. The van der Waals surface area contributed by atoms with E-state index >= 15 is 0 Å². The topological polar surface area (TPSA) is 0 Å². The number of rotatable bonds is 1. The van der Waals surface area contributed by atoms with Crippen molar-refractivity contribution in [1.82, 2.24) is 0 Å². The predicted octanol–water partition coefficient (Wildman–Crippen LogP) is 5.51. The van der Waals surface area contributed by atoms with Crippen LogP contribution in [0, 0.1) is 6.42 Å². The van der Waals surface area contributed by atoms with Gasteiger partial charge in [0.1, 0.15) is 0 Å². The van der Waals surface area contributed by atoms with Crippen LogP contribution < -0.4 is 0 Å². The first kappa shape index (κ1) is 13.2. The van der Waals surface area contributed by atoms with E-state index in [2.05, 4.69) is 52.3 Å². The molecule has 0 nitrogen and oxygen atoms in total. The third-order valence-electron chi connectivity index (χ3n) is 5.48. The zero-order valence-corrected chi connectivity index (χ0v) is 12.9. The third kappa shape index (κ3) is 2.24. The van der Waals surface area contributed by atoms with Crippen LogP contribution in [-0.4, -0.2) is 0 Å². The molecular weight excluding hydrogens is 228 g/mol. The second kappa shape index (κ2) is 4.36. The first-order chi connectivity index (χ1) is 8.90. The lowest BCUT2D eigenvalue weighted by Crippen LogP contribution is -2.33. The smallest absolute Gasteiger partial charge is 0.0100 e. The highest BCUT2D eigenvalue weighted by Gasteiger charge is 2.37. The van der Waals surface area contributed by atoms with Crippen molar-refractivity contribution < 1.29 is 0 Å². The Labute approximate surface area is 118 Å². The van der Waals surface area contributed by atoms with Crippen molar-refractivity contribution >= 4 is 0 Å². The molecule has 0 N–H and O–H groups in total. The van der Waals surface area contributed by atoms with Gasteiger partial charge in [-0.2, -0.15) is 0 Å². The molecule has 1 aromatic rings. The molecule has 1 atom stereocenters. The fourth-order valence-corrected chi connectivity index (χ4v) is 3.91. The Morgan fingerprint density at radius 1 is 0.947 bits per heavy atom. The minimum Gasteiger partial charge on any atom is -0.0584 e. The average Bonchev–Trinajstić information content (AvgIpc) is 2.89. The van der Waals surface area contributed by atoms with Gasteiger partial charge in [-0.05, 0) is 65.5 Å². The van der Waals surface area contributed by atoms with E-state index in [9.17, 15) is 0 Å². The number of benzene rings is 1. The summed E-state index contributed by atoms with van der Waals surface area (Å²) in [6.07, 6.45) is 9.16. The Morgan fingerprint density at radius 2 is 1.63 bits per heavy atom. The Kier molecular flexibility index (Phi) is 3.04. The standard InChI is InChI=1S/C19H27/c1-18(2)11-12-19(3,4)17-13-15(9-10-16(17)18)14-7-5-6-8-14/h7,9-10,13-14H,5-6,8,11-12H2,1-4H3. The highest BCUT2D eigenvalue weighted by atomic mass is 14.4. The van der Waals surface area contributed by atoms with Crippen LogP contribution in [0.15, 0.2) is 18.2 Å². The molecule has 1 radical (unpaired) electrons. The molecule has 1 unspecified atom stereocenters. The zero-order chi connectivity index (χ0) is 13.7. The minimum absolute atomic E-state index is 0.347. The molecule has 0 aromatic heterocycles. The van der Waals surface area contributed by atoms with E-state index in [1.54, 1.807) is 16.7 Å². The molecule has 0 saturated heterocycles. The van der Waals surface area contributed by atoms with Gasteiger partial charge in [0, 0.05) is 0 Å². The Balaban J connectivity index is 2.06. The van der Waals surface area contributed by atoms with E-state index in [-0.39, 0.29) is 0 Å². The fraction of sp³-hybridized carbons (Fsp3) is 0.632. The van der Waals surface area contributed by atoms with Crippen LogP contribution in [0.3, 0.4) is 0 Å². The maximum atomic E-state index is 2.53. The molecule has 3 rings (SSSR count). The summed E-state index contributed by atoms with van der Waals surface area (Å²) >= 11 is 0. The lowest BCUT2D eigenvalue weighted by molar-refractivity contribution is 0.331. The van der Waals surface area contributed by atoms with Gasteiger partial charge in [-0.25, -0.2) is 0 Å². The van der Waals surface area contributed by atoms with Gasteiger partial charge in [0.15, 0.2) is 0 Å². The van der Waals surface area contributed by atoms with E-state index in [1.807, 2.05) is 0 Å². The fourth-order valence-electron chi connectivity index (χ4n) is 3.91. The van der Waals surface area contributed by atoms with Gasteiger partial charge in [-0.1, -0.05) is 52.3 Å². The van der Waals surface area contributed by atoms with Crippen molar-refractivity contribution in [2.45, 2.75) is 76.5 Å². The third-order valence-corrected chi connectivity index (χ3v) is 5.48. The summed E-state index contributed by atoms with van der Waals surface area (Å²) < 4.78 is 0. The van der Waals surface area contributed by atoms with Crippen LogP contribution in [-0.2, 0) is 10.8 Å². The van der Waals surface area contributed by atoms with Crippen LogP contribution in [0.2, 0.25) is 0 Å². The predicted molar refractivity (Wildman–Crippen MR) is 82.6 cm³/mol. The van der Waals surface area contributed by atoms with E-state index in [0.29, 0.717) is 16.7 Å². The monoisotopic (exact) mass is 255 g/mol. The van der Waals surface area contributed by atoms with E-state index in [4.69, 9.17) is 0 Å². The summed E-state index contributed by atoms with van der Waals surface area (Å²) in [6, 6.07) is 7.36. The molecule has 2 aliphatic carbocycles. The lowest BCUT2D eigenvalue weighted by atomic mass is 9.62. The Hall–Kier alpha value is -0.780. The second-order valence-electron chi connectivity index (χ2n) is 7.85. The summed E-state index contributed by atoms with van der Waals surface area (Å²) in [6.45, 7) is 9.65. The Bertz CT molecular complexity index is 473. The molecule has 19 heavy (non-hydrogen) atoms. The first-order valence-corrected chi connectivity index (χ1v) is 7.88. The van der Waals surface area contributed by atoms with Gasteiger partial charge in [-0.15, -0.1) is 0 Å². The van der Waals surface area contributed by atoms with Crippen molar-refractivity contribution in [2.75, 3.05) is 0 Å². The average molecular weight is 255 g/mol. The van der Waals surface area contributed by atoms with Crippen LogP contribution in [0.5, 0.6) is 0 Å². The van der Waals surface area contributed by atoms with Gasteiger partial charge >= 0.3 is 0 Å². The van der Waals surface area contributed by atoms with Crippen molar-refractivity contribution in [1.29, 1.82) is 0 Å². The zero-order valence-electron chi connectivity index (χ0n) is 12.9. The first-order valence-electron chi connectivity index (χ1n) is 7.88. The second-order valence-corrected chi connectivity index (χ2v) is 7.85. The molecule has 0 aliphatic heterocycles. The normalized spacial score (nSPS) is 25.3. The SMILES string of the molecule is CC1(C)CCC(C)(C)c2cc(C3[CH]CCC3)ccc21. The molecule has 2 aliphatic rings. The quantitative estimate of drug-likeness (QED) is 0.621. The van der Waals surface area contributed by atoms with Gasteiger partial charge in [0.05, 0.1) is 0 Å². The Morgan fingerprint density at radius 3 is 2.26 bits per heavy atom. The van der Waals surface area contributed by atoms with Gasteiger partial charge < -0.3 is 0 Å². The number of hydrogen-bond acceptors (Lipinski definition) is 0. The lowest BCUT2D eigenvalue weighted by Gasteiger charge is -2.42. The molecule has 0 heterocycles. The van der Waals surface area contributed by atoms with Gasteiger partial charge in [0.2, 0.25) is 0 Å². The van der Waals surface area contributed by atoms with E-state index in [1.165, 1.54) is 32.1 Å². The molecule has 1 aromatic carbocycles. The molecule has 0 heteroatoms. The van der Waals surface area contributed by atoms with E-state index in [0.717, 1.165) is 0 Å². The van der Waals surface area contributed by atoms with Crippen molar-refractivity contribution in [3.63, 3.8) is 0 Å². The van der Waals surface area contributed by atoms with Crippen molar-refractivity contribution in [3.05, 3.63) is 41.3 Å². The van der Waals surface area contributed by atoms with Crippen LogP contribution >= 0.6 is 0 Å². The van der Waals surface area contributed by atoms with Gasteiger partial charge in [0.25, 0.3) is 0 Å². The van der Waals surface area contributed by atoms with Crippen LogP contribution in [0.25, 0.3) is 0 Å². The van der Waals surface area contributed by atoms with Gasteiger partial charge in [-0.3, -0.25) is 0 Å². The van der Waals surface area contributed by atoms with Crippen molar-refractivity contribution in [3.8, 4) is 0 Å². The summed E-state index contributed by atoms with van der Waals surface area (Å²) in [5, 5.41) is 0.